The maximum absolute atomic E-state index is 12.3. The number of amides is 1. The molecule has 1 aliphatic carbocycles. The number of carbonyl (C=O) groups excluding carboxylic acids is 1. The molecule has 5 heteroatoms. The van der Waals surface area contributed by atoms with E-state index in [-0.39, 0.29) is 19.1 Å². The lowest BCUT2D eigenvalue weighted by atomic mass is 9.98. The summed E-state index contributed by atoms with van der Waals surface area (Å²) >= 11 is 0. The van der Waals surface area contributed by atoms with Crippen LogP contribution in [0.25, 0.3) is 11.1 Å². The molecule has 1 amide bonds. The molecule has 25 heavy (non-hydrogen) atoms. The number of benzene rings is 2. The zero-order valence-electron chi connectivity index (χ0n) is 13.7. The summed E-state index contributed by atoms with van der Waals surface area (Å²) in [6.45, 7) is 0.931. The average molecular weight is 337 g/mol. The number of likely N-dealkylation sites (tertiary alicyclic amines) is 1. The molecule has 5 nitrogen and oxygen atoms in total. The van der Waals surface area contributed by atoms with E-state index in [2.05, 4.69) is 24.3 Å². The highest BCUT2D eigenvalue weighted by molar-refractivity contribution is 5.79. The van der Waals surface area contributed by atoms with Crippen LogP contribution in [0.5, 0.6) is 0 Å². The Morgan fingerprint density at radius 3 is 2.20 bits per heavy atom. The van der Waals surface area contributed by atoms with E-state index in [1.165, 1.54) is 27.2 Å². The Bertz CT molecular complexity index is 786. The Morgan fingerprint density at radius 1 is 1.04 bits per heavy atom. The first kappa shape index (κ1) is 15.7. The smallest absolute Gasteiger partial charge is 0.409 e. The summed E-state index contributed by atoms with van der Waals surface area (Å²) in [6, 6.07) is 16.4. The van der Waals surface area contributed by atoms with E-state index in [0.29, 0.717) is 13.0 Å². The molecule has 128 valence electrons. The minimum atomic E-state index is -0.853. The normalized spacial score (nSPS) is 18.7. The Balaban J connectivity index is 1.48. The fourth-order valence-electron chi connectivity index (χ4n) is 3.81. The van der Waals surface area contributed by atoms with Gasteiger partial charge in [-0.1, -0.05) is 48.5 Å². The van der Waals surface area contributed by atoms with Gasteiger partial charge in [-0.2, -0.15) is 0 Å². The number of rotatable bonds is 3. The van der Waals surface area contributed by atoms with Gasteiger partial charge in [-0.05, 0) is 28.7 Å². The third kappa shape index (κ3) is 2.76. The standard InChI is InChI=1S/C20H19NO4/c22-19(23)13-9-10-21(11-13)20(24)25-12-18-16-7-3-1-5-14(16)15-6-2-4-8-17(15)18/h1-8,13,18H,9-12H2,(H,22,23)/t13-/m1/s1. The first-order valence-corrected chi connectivity index (χ1v) is 8.48. The quantitative estimate of drug-likeness (QED) is 0.933. The maximum atomic E-state index is 12.3. The van der Waals surface area contributed by atoms with Gasteiger partial charge < -0.3 is 14.7 Å². The predicted molar refractivity (Wildman–Crippen MR) is 92.4 cm³/mol. The van der Waals surface area contributed by atoms with Crippen LogP contribution in [0.3, 0.4) is 0 Å². The largest absolute Gasteiger partial charge is 0.481 e. The molecule has 0 spiro atoms. The molecule has 1 aliphatic heterocycles. The van der Waals surface area contributed by atoms with Gasteiger partial charge in [0.15, 0.2) is 0 Å². The molecule has 0 unspecified atom stereocenters. The van der Waals surface area contributed by atoms with Crippen molar-refractivity contribution in [2.45, 2.75) is 12.3 Å². The van der Waals surface area contributed by atoms with Crippen LogP contribution in [-0.2, 0) is 9.53 Å². The minimum Gasteiger partial charge on any atom is -0.481 e. The van der Waals surface area contributed by atoms with Crippen LogP contribution in [0.4, 0.5) is 4.79 Å². The summed E-state index contributed by atoms with van der Waals surface area (Å²) in [6.07, 6.45) is 0.0603. The molecule has 0 saturated carbocycles. The van der Waals surface area contributed by atoms with Crippen molar-refractivity contribution in [3.8, 4) is 11.1 Å². The van der Waals surface area contributed by atoms with E-state index < -0.39 is 18.0 Å². The van der Waals surface area contributed by atoms with Crippen molar-refractivity contribution in [1.82, 2.24) is 4.90 Å². The zero-order valence-corrected chi connectivity index (χ0v) is 13.7. The second-order valence-electron chi connectivity index (χ2n) is 6.57. The third-order valence-electron chi connectivity index (χ3n) is 5.13. The predicted octanol–water partition coefficient (Wildman–Crippen LogP) is 3.34. The Morgan fingerprint density at radius 2 is 1.64 bits per heavy atom. The second-order valence-corrected chi connectivity index (χ2v) is 6.57. The summed E-state index contributed by atoms with van der Waals surface area (Å²) in [5.74, 6) is -1.32. The summed E-state index contributed by atoms with van der Waals surface area (Å²) in [7, 11) is 0. The number of ether oxygens (including phenoxy) is 1. The van der Waals surface area contributed by atoms with E-state index in [4.69, 9.17) is 9.84 Å². The number of hydrogen-bond donors (Lipinski definition) is 1. The van der Waals surface area contributed by atoms with Crippen LogP contribution < -0.4 is 0 Å². The second kappa shape index (κ2) is 6.24. The molecule has 2 aromatic carbocycles. The molecule has 0 bridgehead atoms. The zero-order chi connectivity index (χ0) is 17.4. The molecule has 0 aromatic heterocycles. The molecule has 1 heterocycles. The van der Waals surface area contributed by atoms with Gasteiger partial charge in [-0.25, -0.2) is 4.79 Å². The van der Waals surface area contributed by atoms with Crippen LogP contribution >= 0.6 is 0 Å². The van der Waals surface area contributed by atoms with E-state index in [9.17, 15) is 9.59 Å². The lowest BCUT2D eigenvalue weighted by Crippen LogP contribution is -2.31. The van der Waals surface area contributed by atoms with Crippen molar-refractivity contribution < 1.29 is 19.4 Å². The molecule has 1 atom stereocenters. The highest BCUT2D eigenvalue weighted by Gasteiger charge is 2.33. The topological polar surface area (TPSA) is 66.8 Å². The van der Waals surface area contributed by atoms with Crippen molar-refractivity contribution >= 4 is 12.1 Å². The summed E-state index contributed by atoms with van der Waals surface area (Å²) in [5.41, 5.74) is 4.71. The molecular formula is C20H19NO4. The van der Waals surface area contributed by atoms with Crippen molar-refractivity contribution in [2.24, 2.45) is 5.92 Å². The Hall–Kier alpha value is -2.82. The maximum Gasteiger partial charge on any atom is 0.409 e. The molecular weight excluding hydrogens is 318 g/mol. The van der Waals surface area contributed by atoms with Crippen molar-refractivity contribution in [1.29, 1.82) is 0 Å². The minimum absolute atomic E-state index is 0.0224. The molecule has 1 saturated heterocycles. The van der Waals surface area contributed by atoms with Crippen molar-refractivity contribution in [3.63, 3.8) is 0 Å². The van der Waals surface area contributed by atoms with E-state index in [0.717, 1.165) is 0 Å². The Kier molecular flexibility index (Phi) is 3.92. The van der Waals surface area contributed by atoms with Crippen LogP contribution in [-0.4, -0.2) is 41.8 Å². The highest BCUT2D eigenvalue weighted by Crippen LogP contribution is 2.44. The molecule has 0 radical (unpaired) electrons. The van der Waals surface area contributed by atoms with Gasteiger partial charge in [-0.3, -0.25) is 4.79 Å². The molecule has 2 aliphatic rings. The monoisotopic (exact) mass is 337 g/mol. The van der Waals surface area contributed by atoms with Gasteiger partial charge in [0.05, 0.1) is 5.92 Å². The van der Waals surface area contributed by atoms with Crippen LogP contribution in [0, 0.1) is 5.92 Å². The van der Waals surface area contributed by atoms with Gasteiger partial charge in [0.2, 0.25) is 0 Å². The van der Waals surface area contributed by atoms with E-state index in [1.54, 1.807) is 0 Å². The number of carboxylic acids is 1. The lowest BCUT2D eigenvalue weighted by molar-refractivity contribution is -0.141. The average Bonchev–Trinajstić information content (AvgIpc) is 3.24. The fourth-order valence-corrected chi connectivity index (χ4v) is 3.81. The summed E-state index contributed by atoms with van der Waals surface area (Å²) < 4.78 is 5.55. The van der Waals surface area contributed by atoms with Gasteiger partial charge in [-0.15, -0.1) is 0 Å². The fraction of sp³-hybridized carbons (Fsp3) is 0.300. The van der Waals surface area contributed by atoms with Gasteiger partial charge >= 0.3 is 12.1 Å². The SMILES string of the molecule is O=C(O)[C@@H]1CCN(C(=O)OCC2c3ccccc3-c3ccccc32)C1. The van der Waals surface area contributed by atoms with Gasteiger partial charge in [0, 0.05) is 19.0 Å². The van der Waals surface area contributed by atoms with Crippen LogP contribution in [0.2, 0.25) is 0 Å². The number of hydrogen-bond acceptors (Lipinski definition) is 3. The van der Waals surface area contributed by atoms with Crippen molar-refractivity contribution in [3.05, 3.63) is 59.7 Å². The lowest BCUT2D eigenvalue weighted by Gasteiger charge is -2.19. The number of carboxylic acid groups (broad SMARTS) is 1. The first-order chi connectivity index (χ1) is 12.1. The van der Waals surface area contributed by atoms with Crippen LogP contribution in [0.15, 0.2) is 48.5 Å². The first-order valence-electron chi connectivity index (χ1n) is 8.48. The molecule has 2 aromatic rings. The number of nitrogens with zero attached hydrogens (tertiary/aromatic N) is 1. The van der Waals surface area contributed by atoms with E-state index >= 15 is 0 Å². The van der Waals surface area contributed by atoms with Crippen LogP contribution in [0.1, 0.15) is 23.5 Å². The Labute approximate surface area is 145 Å². The highest BCUT2D eigenvalue weighted by atomic mass is 16.6. The number of aliphatic carboxylic acids is 1. The summed E-state index contributed by atoms with van der Waals surface area (Å²) in [4.78, 5) is 24.8. The third-order valence-corrected chi connectivity index (χ3v) is 5.13. The van der Waals surface area contributed by atoms with Gasteiger partial charge in [0.1, 0.15) is 6.61 Å². The van der Waals surface area contributed by atoms with E-state index in [1.807, 2.05) is 24.3 Å². The molecule has 4 rings (SSSR count). The van der Waals surface area contributed by atoms with Crippen molar-refractivity contribution in [2.75, 3.05) is 19.7 Å². The summed E-state index contributed by atoms with van der Waals surface area (Å²) in [5, 5.41) is 9.06. The number of carbonyl (C=O) groups is 2. The number of fused-ring (bicyclic) bond motifs is 3. The van der Waals surface area contributed by atoms with Gasteiger partial charge in [0.25, 0.3) is 0 Å². The molecule has 1 N–H and O–H groups in total. The molecule has 1 fully saturated rings.